The van der Waals surface area contributed by atoms with Crippen LogP contribution in [0.5, 0.6) is 11.5 Å². The number of anilines is 1. The van der Waals surface area contributed by atoms with Crippen molar-refractivity contribution in [3.05, 3.63) is 73.3 Å². The van der Waals surface area contributed by atoms with E-state index in [2.05, 4.69) is 15.0 Å². The van der Waals surface area contributed by atoms with Crippen LogP contribution in [0.1, 0.15) is 20.8 Å². The molecule has 0 aliphatic carbocycles. The van der Waals surface area contributed by atoms with Gasteiger partial charge in [0.05, 0.1) is 19.0 Å². The van der Waals surface area contributed by atoms with Gasteiger partial charge >= 0.3 is 8.38 Å². The molecule has 8 nitrogen and oxygen atoms in total. The monoisotopic (exact) mass is 453 g/mol. The number of imidazole rings is 1. The largest absolute Gasteiger partial charge is 0.437 e. The van der Waals surface area contributed by atoms with E-state index in [4.69, 9.17) is 19.5 Å². The van der Waals surface area contributed by atoms with E-state index < -0.39 is 8.38 Å². The summed E-state index contributed by atoms with van der Waals surface area (Å²) in [5.41, 5.74) is 7.13. The first-order valence-corrected chi connectivity index (χ1v) is 11.8. The van der Waals surface area contributed by atoms with Crippen LogP contribution in [-0.2, 0) is 11.3 Å². The van der Waals surface area contributed by atoms with Gasteiger partial charge in [-0.1, -0.05) is 50.2 Å². The number of hydrogen-bond donors (Lipinski definition) is 1. The minimum atomic E-state index is -1.34. The van der Waals surface area contributed by atoms with E-state index in [1.807, 2.05) is 86.0 Å². The Bertz CT molecular complexity index is 1040. The first kappa shape index (κ1) is 23.4. The van der Waals surface area contributed by atoms with Crippen LogP contribution in [0.25, 0.3) is 11.2 Å². The SMILES string of the molecule is CC.CC(Cn1cnc2c(N)ncnc21)OCP(Oc1ccccc1)Oc1ccccc1. The van der Waals surface area contributed by atoms with Crippen molar-refractivity contribution < 1.29 is 13.8 Å². The Kier molecular flexibility index (Phi) is 8.78. The third-order valence-corrected chi connectivity index (χ3v) is 5.44. The topological polar surface area (TPSA) is 97.3 Å². The summed E-state index contributed by atoms with van der Waals surface area (Å²) in [5.74, 6) is 1.84. The Labute approximate surface area is 189 Å². The molecule has 0 bridgehead atoms. The molecule has 0 aliphatic rings. The average Bonchev–Trinajstić information content (AvgIpc) is 3.24. The molecule has 0 spiro atoms. The van der Waals surface area contributed by atoms with Gasteiger partial charge in [-0.3, -0.25) is 0 Å². The molecule has 4 rings (SSSR count). The van der Waals surface area contributed by atoms with Crippen molar-refractivity contribution >= 4 is 25.4 Å². The molecule has 2 aromatic heterocycles. The van der Waals surface area contributed by atoms with Gasteiger partial charge in [0.2, 0.25) is 0 Å². The standard InChI is InChI=1S/C21H22N5O3P.C2H6/c1-16(12-26-14-25-19-20(22)23-13-24-21(19)26)27-15-30(28-17-8-4-2-5-9-17)29-18-10-6-3-7-11-18;1-2/h2-11,13-14,16H,12,15H2,1H3,(H2,22,23,24);1-2H3. The highest BCUT2D eigenvalue weighted by atomic mass is 31.2. The molecule has 0 saturated heterocycles. The maximum absolute atomic E-state index is 6.06. The number of aromatic nitrogens is 4. The van der Waals surface area contributed by atoms with Gasteiger partial charge in [-0.15, -0.1) is 0 Å². The molecule has 0 fully saturated rings. The zero-order chi connectivity index (χ0) is 22.8. The molecule has 1 unspecified atom stereocenters. The Morgan fingerprint density at radius 3 is 2.09 bits per heavy atom. The molecule has 168 valence electrons. The zero-order valence-electron chi connectivity index (χ0n) is 18.5. The number of nitrogens with two attached hydrogens (primary N) is 1. The third-order valence-electron chi connectivity index (χ3n) is 4.25. The molecule has 1 atom stereocenters. The highest BCUT2D eigenvalue weighted by Gasteiger charge is 2.18. The van der Waals surface area contributed by atoms with Crippen LogP contribution >= 0.6 is 8.38 Å². The lowest BCUT2D eigenvalue weighted by molar-refractivity contribution is 0.0832. The number of ether oxygens (including phenoxy) is 1. The normalized spacial score (nSPS) is 11.6. The van der Waals surface area contributed by atoms with Gasteiger partial charge in [0.1, 0.15) is 29.7 Å². The number of rotatable bonds is 9. The molecule has 2 heterocycles. The molecule has 2 N–H and O–H groups in total. The van der Waals surface area contributed by atoms with Gasteiger partial charge in [0.15, 0.2) is 11.5 Å². The molecule has 0 radical (unpaired) electrons. The van der Waals surface area contributed by atoms with Crippen molar-refractivity contribution in [3.63, 3.8) is 0 Å². The Balaban J connectivity index is 0.00000141. The van der Waals surface area contributed by atoms with Crippen molar-refractivity contribution in [2.45, 2.75) is 33.4 Å². The summed E-state index contributed by atoms with van der Waals surface area (Å²) in [4.78, 5) is 12.5. The van der Waals surface area contributed by atoms with E-state index in [0.717, 1.165) is 11.5 Å². The summed E-state index contributed by atoms with van der Waals surface area (Å²) < 4.78 is 20.1. The highest BCUT2D eigenvalue weighted by molar-refractivity contribution is 7.47. The predicted molar refractivity (Wildman–Crippen MR) is 128 cm³/mol. The Morgan fingerprint density at radius 2 is 1.50 bits per heavy atom. The highest BCUT2D eigenvalue weighted by Crippen LogP contribution is 2.40. The number of nitrogens with zero attached hydrogens (tertiary/aromatic N) is 4. The maximum atomic E-state index is 6.06. The molecule has 0 aliphatic heterocycles. The maximum Gasteiger partial charge on any atom is 0.318 e. The van der Waals surface area contributed by atoms with Crippen LogP contribution in [-0.4, -0.2) is 32.0 Å². The van der Waals surface area contributed by atoms with Crippen LogP contribution < -0.4 is 14.8 Å². The van der Waals surface area contributed by atoms with E-state index in [-0.39, 0.29) is 6.10 Å². The van der Waals surface area contributed by atoms with Crippen LogP contribution in [0, 0.1) is 0 Å². The smallest absolute Gasteiger partial charge is 0.318 e. The lowest BCUT2D eigenvalue weighted by Gasteiger charge is -2.21. The van der Waals surface area contributed by atoms with E-state index in [9.17, 15) is 0 Å². The van der Waals surface area contributed by atoms with E-state index in [1.165, 1.54) is 6.33 Å². The van der Waals surface area contributed by atoms with Crippen LogP contribution in [0.2, 0.25) is 0 Å². The van der Waals surface area contributed by atoms with Gasteiger partial charge in [-0.2, -0.15) is 0 Å². The number of benzene rings is 2. The fourth-order valence-electron chi connectivity index (χ4n) is 2.82. The molecular formula is C23H28N5O3P. The lowest BCUT2D eigenvalue weighted by atomic mass is 10.3. The predicted octanol–water partition coefficient (Wildman–Crippen LogP) is 5.27. The van der Waals surface area contributed by atoms with Gasteiger partial charge in [-0.05, 0) is 31.2 Å². The van der Waals surface area contributed by atoms with Crippen LogP contribution in [0.15, 0.2) is 73.3 Å². The van der Waals surface area contributed by atoms with Gasteiger partial charge in [-0.25, -0.2) is 15.0 Å². The Morgan fingerprint density at radius 1 is 0.906 bits per heavy atom. The zero-order valence-corrected chi connectivity index (χ0v) is 19.4. The summed E-state index contributed by atoms with van der Waals surface area (Å²) in [7, 11) is -1.34. The van der Waals surface area contributed by atoms with E-state index in [1.54, 1.807) is 6.33 Å². The van der Waals surface area contributed by atoms with Crippen LogP contribution in [0.3, 0.4) is 0 Å². The molecule has 0 saturated carbocycles. The van der Waals surface area contributed by atoms with Crippen molar-refractivity contribution in [2.24, 2.45) is 0 Å². The van der Waals surface area contributed by atoms with Gasteiger partial charge < -0.3 is 24.1 Å². The second-order valence-electron chi connectivity index (χ2n) is 6.58. The molecular weight excluding hydrogens is 425 g/mol. The van der Waals surface area contributed by atoms with E-state index >= 15 is 0 Å². The van der Waals surface area contributed by atoms with Crippen molar-refractivity contribution in [1.82, 2.24) is 19.5 Å². The molecule has 2 aromatic carbocycles. The summed E-state index contributed by atoms with van der Waals surface area (Å²) in [5, 5.41) is 0. The van der Waals surface area contributed by atoms with Crippen molar-refractivity contribution in [2.75, 3.05) is 12.1 Å². The van der Waals surface area contributed by atoms with Crippen molar-refractivity contribution in [1.29, 1.82) is 0 Å². The number of nitrogen functional groups attached to an aromatic ring is 1. The van der Waals surface area contributed by atoms with Crippen LogP contribution in [0.4, 0.5) is 5.82 Å². The number of para-hydroxylation sites is 2. The summed E-state index contributed by atoms with van der Waals surface area (Å²) >= 11 is 0. The number of hydrogen-bond acceptors (Lipinski definition) is 7. The summed E-state index contributed by atoms with van der Waals surface area (Å²) in [6.45, 7) is 6.54. The fraction of sp³-hybridized carbons (Fsp3) is 0.261. The molecule has 9 heteroatoms. The Hall–Kier alpha value is -3.22. The van der Waals surface area contributed by atoms with E-state index in [0.29, 0.717) is 29.9 Å². The van der Waals surface area contributed by atoms with Gasteiger partial charge in [0, 0.05) is 0 Å². The minimum Gasteiger partial charge on any atom is -0.437 e. The molecule has 0 amide bonds. The lowest BCUT2D eigenvalue weighted by Crippen LogP contribution is -2.18. The second-order valence-corrected chi connectivity index (χ2v) is 7.86. The fourth-order valence-corrected chi connectivity index (χ4v) is 4.05. The van der Waals surface area contributed by atoms with Gasteiger partial charge in [0.25, 0.3) is 0 Å². The quantitative estimate of drug-likeness (QED) is 0.345. The third kappa shape index (κ3) is 6.39. The number of fused-ring (bicyclic) bond motifs is 1. The minimum absolute atomic E-state index is 0.123. The second kappa shape index (κ2) is 12.0. The first-order valence-electron chi connectivity index (χ1n) is 10.5. The molecule has 4 aromatic rings. The first-order chi connectivity index (χ1) is 15.7. The molecule has 32 heavy (non-hydrogen) atoms. The average molecular weight is 453 g/mol. The van der Waals surface area contributed by atoms with Crippen molar-refractivity contribution in [3.8, 4) is 11.5 Å². The summed E-state index contributed by atoms with van der Waals surface area (Å²) in [6.07, 6.45) is 3.31. The summed E-state index contributed by atoms with van der Waals surface area (Å²) in [6, 6.07) is 19.2.